The van der Waals surface area contributed by atoms with Crippen molar-refractivity contribution in [3.8, 4) is 11.5 Å². The van der Waals surface area contributed by atoms with Crippen LogP contribution in [0, 0.1) is 0 Å². The lowest BCUT2D eigenvalue weighted by Gasteiger charge is -2.33. The molecule has 0 aliphatic carbocycles. The number of ether oxygens (including phenoxy) is 2. The molecule has 0 unspecified atom stereocenters. The fourth-order valence-corrected chi connectivity index (χ4v) is 3.62. The number of fused-ring (bicyclic) bond motifs is 1. The van der Waals surface area contributed by atoms with E-state index in [9.17, 15) is 4.79 Å². The third-order valence-electron chi connectivity index (χ3n) is 4.47. The molecular weight excluding hydrogens is 352 g/mol. The van der Waals surface area contributed by atoms with E-state index in [0.29, 0.717) is 22.2 Å². The highest BCUT2D eigenvalue weighted by Crippen LogP contribution is 2.33. The van der Waals surface area contributed by atoms with E-state index in [-0.39, 0.29) is 18.3 Å². The van der Waals surface area contributed by atoms with Gasteiger partial charge in [0.25, 0.3) is 0 Å². The lowest BCUT2D eigenvalue weighted by atomic mass is 10.1. The molecular formula is C18H20N4O3S. The number of ketones is 1. The van der Waals surface area contributed by atoms with Gasteiger partial charge in [0.05, 0.1) is 5.75 Å². The number of hydrogen-bond acceptors (Lipinski definition) is 8. The van der Waals surface area contributed by atoms with Crippen molar-refractivity contribution in [3.05, 3.63) is 36.0 Å². The van der Waals surface area contributed by atoms with Gasteiger partial charge < -0.3 is 19.3 Å². The van der Waals surface area contributed by atoms with Gasteiger partial charge in [0.2, 0.25) is 6.79 Å². The van der Waals surface area contributed by atoms with Crippen molar-refractivity contribution in [2.45, 2.75) is 5.16 Å². The molecule has 2 aliphatic rings. The fraction of sp³-hybridized carbons (Fsp3) is 0.389. The van der Waals surface area contributed by atoms with Crippen molar-refractivity contribution < 1.29 is 14.3 Å². The maximum Gasteiger partial charge on any atom is 0.231 e. The fourth-order valence-electron chi connectivity index (χ4n) is 2.90. The molecule has 8 heteroatoms. The van der Waals surface area contributed by atoms with Gasteiger partial charge in [-0.25, -0.2) is 9.97 Å². The summed E-state index contributed by atoms with van der Waals surface area (Å²) in [4.78, 5) is 25.9. The summed E-state index contributed by atoms with van der Waals surface area (Å²) >= 11 is 1.35. The van der Waals surface area contributed by atoms with Gasteiger partial charge in [0.15, 0.2) is 22.4 Å². The van der Waals surface area contributed by atoms with E-state index in [1.807, 2.05) is 6.07 Å². The molecule has 26 heavy (non-hydrogen) atoms. The summed E-state index contributed by atoms with van der Waals surface area (Å²) in [6, 6.07) is 7.18. The number of carbonyl (C=O) groups excluding carboxylic acids is 1. The normalized spacial score (nSPS) is 16.7. The molecule has 0 saturated carbocycles. The first-order chi connectivity index (χ1) is 12.7. The van der Waals surface area contributed by atoms with E-state index < -0.39 is 0 Å². The molecule has 0 bridgehead atoms. The summed E-state index contributed by atoms with van der Waals surface area (Å²) in [6.07, 6.45) is 1.76. The molecule has 0 amide bonds. The molecule has 4 rings (SSSR count). The molecule has 0 atom stereocenters. The van der Waals surface area contributed by atoms with Crippen LogP contribution in [0.1, 0.15) is 10.4 Å². The van der Waals surface area contributed by atoms with Gasteiger partial charge in [-0.05, 0) is 31.3 Å². The number of anilines is 1. The Balaban J connectivity index is 1.38. The van der Waals surface area contributed by atoms with E-state index in [0.717, 1.165) is 32.0 Å². The number of likely N-dealkylation sites (N-methyl/N-ethyl adjacent to an activating group) is 1. The van der Waals surface area contributed by atoms with Crippen LogP contribution in [0.15, 0.2) is 35.6 Å². The summed E-state index contributed by atoms with van der Waals surface area (Å²) in [5, 5.41) is 0.621. The number of carbonyl (C=O) groups is 1. The number of Topliss-reactive ketones (excluding diaryl/α,β-unsaturated/α-hetero) is 1. The van der Waals surface area contributed by atoms with Crippen LogP contribution in [0.3, 0.4) is 0 Å². The van der Waals surface area contributed by atoms with Crippen molar-refractivity contribution in [2.75, 3.05) is 50.7 Å². The molecule has 1 aromatic heterocycles. The third-order valence-corrected chi connectivity index (χ3v) is 5.33. The minimum absolute atomic E-state index is 0.0156. The van der Waals surface area contributed by atoms with E-state index in [2.05, 4.69) is 26.8 Å². The van der Waals surface area contributed by atoms with Crippen LogP contribution in [-0.2, 0) is 0 Å². The molecule has 0 N–H and O–H groups in total. The zero-order valence-electron chi connectivity index (χ0n) is 14.6. The Hall–Kier alpha value is -2.32. The number of piperazine rings is 1. The van der Waals surface area contributed by atoms with Crippen molar-refractivity contribution in [1.82, 2.24) is 14.9 Å². The van der Waals surface area contributed by atoms with Crippen LogP contribution in [0.5, 0.6) is 11.5 Å². The zero-order valence-corrected chi connectivity index (χ0v) is 15.4. The lowest BCUT2D eigenvalue weighted by Crippen LogP contribution is -2.44. The maximum atomic E-state index is 12.5. The van der Waals surface area contributed by atoms with Crippen molar-refractivity contribution in [3.63, 3.8) is 0 Å². The molecule has 0 radical (unpaired) electrons. The first kappa shape index (κ1) is 17.1. The second kappa shape index (κ2) is 7.51. The summed E-state index contributed by atoms with van der Waals surface area (Å²) in [5.74, 6) is 2.52. The van der Waals surface area contributed by atoms with Crippen LogP contribution in [0.4, 0.5) is 5.82 Å². The predicted molar refractivity (Wildman–Crippen MR) is 99.4 cm³/mol. The van der Waals surface area contributed by atoms with E-state index >= 15 is 0 Å². The highest BCUT2D eigenvalue weighted by Gasteiger charge is 2.18. The van der Waals surface area contributed by atoms with Crippen LogP contribution < -0.4 is 14.4 Å². The SMILES string of the molecule is CN1CCN(c2ccnc(SCC(=O)c3ccc4c(c3)OCO4)n2)CC1. The topological polar surface area (TPSA) is 67.8 Å². The molecule has 1 aromatic carbocycles. The Morgan fingerprint density at radius 1 is 1.15 bits per heavy atom. The highest BCUT2D eigenvalue weighted by molar-refractivity contribution is 7.99. The number of aromatic nitrogens is 2. The molecule has 2 aliphatic heterocycles. The second-order valence-corrected chi connectivity index (χ2v) is 7.21. The van der Waals surface area contributed by atoms with Crippen LogP contribution >= 0.6 is 11.8 Å². The van der Waals surface area contributed by atoms with Crippen LogP contribution in [-0.4, -0.2) is 66.4 Å². The van der Waals surface area contributed by atoms with Gasteiger partial charge in [-0.15, -0.1) is 0 Å². The summed E-state index contributed by atoms with van der Waals surface area (Å²) in [5.41, 5.74) is 0.608. The lowest BCUT2D eigenvalue weighted by molar-refractivity contribution is 0.102. The van der Waals surface area contributed by atoms with E-state index in [1.54, 1.807) is 24.4 Å². The van der Waals surface area contributed by atoms with Gasteiger partial charge in [0.1, 0.15) is 5.82 Å². The van der Waals surface area contributed by atoms with Gasteiger partial charge in [-0.1, -0.05) is 11.8 Å². The summed E-state index contributed by atoms with van der Waals surface area (Å²) in [7, 11) is 2.13. The van der Waals surface area contributed by atoms with Gasteiger partial charge in [-0.2, -0.15) is 0 Å². The Kier molecular flexibility index (Phi) is 4.94. The third kappa shape index (κ3) is 3.76. The zero-order chi connectivity index (χ0) is 17.9. The van der Waals surface area contributed by atoms with E-state index in [1.165, 1.54) is 11.8 Å². The monoisotopic (exact) mass is 372 g/mol. The van der Waals surface area contributed by atoms with E-state index in [4.69, 9.17) is 9.47 Å². The molecule has 1 saturated heterocycles. The number of hydrogen-bond donors (Lipinski definition) is 0. The molecule has 2 aromatic rings. The Bertz CT molecular complexity index is 809. The largest absolute Gasteiger partial charge is 0.454 e. The second-order valence-electron chi connectivity index (χ2n) is 6.27. The van der Waals surface area contributed by atoms with Crippen LogP contribution in [0.2, 0.25) is 0 Å². The quantitative estimate of drug-likeness (QED) is 0.448. The smallest absolute Gasteiger partial charge is 0.231 e. The van der Waals surface area contributed by atoms with Crippen LogP contribution in [0.25, 0.3) is 0 Å². The molecule has 0 spiro atoms. The van der Waals surface area contributed by atoms with Gasteiger partial charge in [-0.3, -0.25) is 4.79 Å². The average molecular weight is 372 g/mol. The first-order valence-corrected chi connectivity index (χ1v) is 9.50. The Morgan fingerprint density at radius 3 is 2.81 bits per heavy atom. The maximum absolute atomic E-state index is 12.5. The number of benzene rings is 1. The van der Waals surface area contributed by atoms with Crippen molar-refractivity contribution >= 4 is 23.4 Å². The van der Waals surface area contributed by atoms with Gasteiger partial charge >= 0.3 is 0 Å². The molecule has 3 heterocycles. The number of nitrogens with zero attached hydrogens (tertiary/aromatic N) is 4. The minimum Gasteiger partial charge on any atom is -0.454 e. The van der Waals surface area contributed by atoms with Crippen molar-refractivity contribution in [2.24, 2.45) is 0 Å². The Labute approximate surface area is 156 Å². The molecule has 136 valence electrons. The summed E-state index contributed by atoms with van der Waals surface area (Å²) in [6.45, 7) is 4.15. The Morgan fingerprint density at radius 2 is 1.96 bits per heavy atom. The number of thioether (sulfide) groups is 1. The average Bonchev–Trinajstić information content (AvgIpc) is 3.15. The minimum atomic E-state index is 0.0156. The predicted octanol–water partition coefficient (Wildman–Crippen LogP) is 1.93. The highest BCUT2D eigenvalue weighted by atomic mass is 32.2. The molecule has 1 fully saturated rings. The standard InChI is InChI=1S/C18H20N4O3S/c1-21-6-8-22(9-7-21)17-4-5-19-18(20-17)26-11-14(23)13-2-3-15-16(10-13)25-12-24-15/h2-5,10H,6-9,11-12H2,1H3. The number of rotatable bonds is 5. The molecule has 7 nitrogen and oxygen atoms in total. The summed E-state index contributed by atoms with van der Waals surface area (Å²) < 4.78 is 10.6. The van der Waals surface area contributed by atoms with Gasteiger partial charge in [0, 0.05) is 37.9 Å². The first-order valence-electron chi connectivity index (χ1n) is 8.51. The van der Waals surface area contributed by atoms with Crippen molar-refractivity contribution in [1.29, 1.82) is 0 Å².